The number of nitrogens with one attached hydrogen (secondary N) is 1. The number of aliphatic hydroxyl groups is 1. The number of pyridine rings is 1. The van der Waals surface area contributed by atoms with E-state index in [1.807, 2.05) is 18.2 Å². The van der Waals surface area contributed by atoms with Crippen molar-refractivity contribution >= 4 is 16.8 Å². The van der Waals surface area contributed by atoms with Crippen LogP contribution in [0.2, 0.25) is 0 Å². The summed E-state index contributed by atoms with van der Waals surface area (Å²) in [6.45, 7) is 5.06. The molecule has 0 spiro atoms. The molecule has 2 heterocycles. The number of piperazine rings is 1. The third-order valence-corrected chi connectivity index (χ3v) is 4.16. The van der Waals surface area contributed by atoms with Crippen molar-refractivity contribution < 1.29 is 9.90 Å². The van der Waals surface area contributed by atoms with E-state index in [1.54, 1.807) is 17.9 Å². The van der Waals surface area contributed by atoms with Crippen LogP contribution in [0.3, 0.4) is 0 Å². The second-order valence-electron chi connectivity index (χ2n) is 6.03. The van der Waals surface area contributed by atoms with Crippen LogP contribution in [0.1, 0.15) is 17.3 Å². The zero-order valence-corrected chi connectivity index (χ0v) is 13.2. The van der Waals surface area contributed by atoms with Gasteiger partial charge in [0.15, 0.2) is 0 Å². The van der Waals surface area contributed by atoms with Gasteiger partial charge in [-0.1, -0.05) is 18.2 Å². The zero-order valence-electron chi connectivity index (χ0n) is 13.2. The standard InChI is InChI=1S/C17H21N3O3/c1-12(21)11-19-6-8-20(9-7-19)17(23)14-10-16(22)18-15-5-3-2-4-13(14)15/h2-5,10,12,21H,6-9,11H2,1H3,(H,18,22)/t12-/m1/s1. The van der Waals surface area contributed by atoms with Crippen molar-refractivity contribution in [2.24, 2.45) is 0 Å². The Bertz CT molecular complexity index is 761. The molecule has 6 heteroatoms. The highest BCUT2D eigenvalue weighted by molar-refractivity contribution is 6.05. The van der Waals surface area contributed by atoms with Crippen molar-refractivity contribution in [2.75, 3.05) is 32.7 Å². The second kappa shape index (κ2) is 6.52. The Morgan fingerprint density at radius 2 is 1.96 bits per heavy atom. The van der Waals surface area contributed by atoms with Gasteiger partial charge < -0.3 is 15.0 Å². The third-order valence-electron chi connectivity index (χ3n) is 4.16. The Balaban J connectivity index is 1.81. The first kappa shape index (κ1) is 15.7. The highest BCUT2D eigenvalue weighted by Gasteiger charge is 2.24. The van der Waals surface area contributed by atoms with Crippen LogP contribution in [-0.2, 0) is 0 Å². The van der Waals surface area contributed by atoms with Crippen LogP contribution in [0, 0.1) is 0 Å². The Kier molecular flexibility index (Phi) is 4.45. The molecule has 1 aliphatic rings. The molecule has 0 unspecified atom stereocenters. The molecule has 1 aromatic carbocycles. The van der Waals surface area contributed by atoms with Crippen molar-refractivity contribution in [3.05, 3.63) is 46.2 Å². The van der Waals surface area contributed by atoms with E-state index in [9.17, 15) is 14.7 Å². The maximum absolute atomic E-state index is 12.8. The molecule has 122 valence electrons. The minimum Gasteiger partial charge on any atom is -0.392 e. The summed E-state index contributed by atoms with van der Waals surface area (Å²) >= 11 is 0. The van der Waals surface area contributed by atoms with Crippen LogP contribution in [0.4, 0.5) is 0 Å². The molecule has 3 rings (SSSR count). The summed E-state index contributed by atoms with van der Waals surface area (Å²) in [5.41, 5.74) is 0.865. The number of hydrogen-bond donors (Lipinski definition) is 2. The predicted molar refractivity (Wildman–Crippen MR) is 88.6 cm³/mol. The quantitative estimate of drug-likeness (QED) is 0.873. The highest BCUT2D eigenvalue weighted by atomic mass is 16.3. The van der Waals surface area contributed by atoms with Gasteiger partial charge in [0, 0.05) is 49.7 Å². The van der Waals surface area contributed by atoms with Gasteiger partial charge in [0.25, 0.3) is 5.91 Å². The van der Waals surface area contributed by atoms with E-state index in [1.165, 1.54) is 6.07 Å². The van der Waals surface area contributed by atoms with Crippen LogP contribution in [0.15, 0.2) is 35.1 Å². The zero-order chi connectivity index (χ0) is 16.4. The SMILES string of the molecule is C[C@@H](O)CN1CCN(C(=O)c2cc(=O)[nH]c3ccccc23)CC1. The molecule has 1 saturated heterocycles. The van der Waals surface area contributed by atoms with Crippen LogP contribution < -0.4 is 5.56 Å². The van der Waals surface area contributed by atoms with E-state index in [2.05, 4.69) is 9.88 Å². The van der Waals surface area contributed by atoms with Crippen molar-refractivity contribution in [2.45, 2.75) is 13.0 Å². The van der Waals surface area contributed by atoms with Gasteiger partial charge in [-0.2, -0.15) is 0 Å². The van der Waals surface area contributed by atoms with Gasteiger partial charge in [-0.25, -0.2) is 0 Å². The number of hydrogen-bond acceptors (Lipinski definition) is 4. The molecule has 1 atom stereocenters. The fourth-order valence-electron chi connectivity index (χ4n) is 3.06. The fourth-order valence-corrected chi connectivity index (χ4v) is 3.06. The molecule has 0 saturated carbocycles. The number of carbonyl (C=O) groups is 1. The molecule has 0 aliphatic carbocycles. The normalized spacial score (nSPS) is 17.4. The third kappa shape index (κ3) is 3.43. The summed E-state index contributed by atoms with van der Waals surface area (Å²) in [4.78, 5) is 31.3. The predicted octanol–water partition coefficient (Wildman–Crippen LogP) is 0.667. The number of H-pyrrole nitrogens is 1. The van der Waals surface area contributed by atoms with E-state index in [0.29, 0.717) is 30.7 Å². The fraction of sp³-hybridized carbons (Fsp3) is 0.412. The number of fused-ring (bicyclic) bond motifs is 1. The lowest BCUT2D eigenvalue weighted by Crippen LogP contribution is -2.50. The molecule has 0 radical (unpaired) electrons. The van der Waals surface area contributed by atoms with E-state index in [4.69, 9.17) is 0 Å². The summed E-state index contributed by atoms with van der Waals surface area (Å²) in [6, 6.07) is 8.72. The molecule has 2 N–H and O–H groups in total. The Labute approximate surface area is 134 Å². The highest BCUT2D eigenvalue weighted by Crippen LogP contribution is 2.17. The summed E-state index contributed by atoms with van der Waals surface area (Å²) in [5.74, 6) is -0.107. The molecule has 1 aliphatic heterocycles. The van der Waals surface area contributed by atoms with Gasteiger partial charge in [0.2, 0.25) is 5.56 Å². The smallest absolute Gasteiger partial charge is 0.254 e. The largest absolute Gasteiger partial charge is 0.392 e. The molecule has 2 aromatic rings. The van der Waals surface area contributed by atoms with Crippen LogP contribution in [-0.4, -0.2) is 64.6 Å². The molecule has 23 heavy (non-hydrogen) atoms. The first-order chi connectivity index (χ1) is 11.0. The number of amides is 1. The van der Waals surface area contributed by atoms with Gasteiger partial charge in [0.05, 0.1) is 11.7 Å². The minimum absolute atomic E-state index is 0.107. The second-order valence-corrected chi connectivity index (χ2v) is 6.03. The van der Waals surface area contributed by atoms with Gasteiger partial charge in [-0.3, -0.25) is 14.5 Å². The lowest BCUT2D eigenvalue weighted by Gasteiger charge is -2.35. The Morgan fingerprint density at radius 1 is 1.26 bits per heavy atom. The maximum atomic E-state index is 12.8. The van der Waals surface area contributed by atoms with Crippen LogP contribution >= 0.6 is 0 Å². The van der Waals surface area contributed by atoms with E-state index >= 15 is 0 Å². The van der Waals surface area contributed by atoms with Gasteiger partial charge in [0.1, 0.15) is 0 Å². The van der Waals surface area contributed by atoms with E-state index in [-0.39, 0.29) is 17.6 Å². The number of para-hydroxylation sites is 1. The Hall–Kier alpha value is -2.18. The van der Waals surface area contributed by atoms with Gasteiger partial charge in [-0.15, -0.1) is 0 Å². The summed E-state index contributed by atoms with van der Waals surface area (Å²) < 4.78 is 0. The van der Waals surface area contributed by atoms with E-state index in [0.717, 1.165) is 18.5 Å². The van der Waals surface area contributed by atoms with Crippen molar-refractivity contribution in [1.29, 1.82) is 0 Å². The number of nitrogens with zero attached hydrogens (tertiary/aromatic N) is 2. The number of benzene rings is 1. The molecule has 6 nitrogen and oxygen atoms in total. The monoisotopic (exact) mass is 315 g/mol. The Morgan fingerprint density at radius 3 is 2.65 bits per heavy atom. The molecule has 1 aromatic heterocycles. The average molecular weight is 315 g/mol. The number of β-amino-alcohol motifs (C(OH)–C–C–N with tert-alkyl or cyclic N) is 1. The number of carbonyl (C=O) groups excluding carboxylic acids is 1. The van der Waals surface area contributed by atoms with Crippen LogP contribution in [0.25, 0.3) is 10.9 Å². The lowest BCUT2D eigenvalue weighted by atomic mass is 10.1. The lowest BCUT2D eigenvalue weighted by molar-refractivity contribution is 0.0555. The van der Waals surface area contributed by atoms with E-state index < -0.39 is 0 Å². The number of rotatable bonds is 3. The maximum Gasteiger partial charge on any atom is 0.254 e. The first-order valence-electron chi connectivity index (χ1n) is 7.86. The summed E-state index contributed by atoms with van der Waals surface area (Å²) in [5, 5.41) is 10.2. The number of aliphatic hydroxyl groups excluding tert-OH is 1. The first-order valence-corrected chi connectivity index (χ1v) is 7.86. The summed E-state index contributed by atoms with van der Waals surface area (Å²) in [6.07, 6.45) is -0.367. The topological polar surface area (TPSA) is 76.6 Å². The molecule has 0 bridgehead atoms. The van der Waals surface area contributed by atoms with Crippen molar-refractivity contribution in [3.63, 3.8) is 0 Å². The van der Waals surface area contributed by atoms with Crippen molar-refractivity contribution in [3.8, 4) is 0 Å². The van der Waals surface area contributed by atoms with Gasteiger partial charge >= 0.3 is 0 Å². The van der Waals surface area contributed by atoms with Gasteiger partial charge in [-0.05, 0) is 13.0 Å². The molecular weight excluding hydrogens is 294 g/mol. The molecule has 1 fully saturated rings. The molecule has 1 amide bonds. The van der Waals surface area contributed by atoms with Crippen LogP contribution in [0.5, 0.6) is 0 Å². The average Bonchev–Trinajstić information content (AvgIpc) is 2.53. The minimum atomic E-state index is -0.367. The molecular formula is C17H21N3O3. The number of aromatic amines is 1. The van der Waals surface area contributed by atoms with Crippen molar-refractivity contribution in [1.82, 2.24) is 14.8 Å². The number of aromatic nitrogens is 1. The summed E-state index contributed by atoms with van der Waals surface area (Å²) in [7, 11) is 0.